The molecule has 1 unspecified atom stereocenters. The molecule has 1 atom stereocenters. The molecule has 0 aliphatic heterocycles. The lowest BCUT2D eigenvalue weighted by Crippen LogP contribution is -2.49. The van der Waals surface area contributed by atoms with Crippen LogP contribution in [0.25, 0.3) is 0 Å². The smallest absolute Gasteiger partial charge is 0.244 e. The van der Waals surface area contributed by atoms with E-state index in [2.05, 4.69) is 33.2 Å². The molecule has 2 aromatic rings. The molecule has 0 spiro atoms. The molecule has 1 heterocycles. The number of rotatable bonds is 5. The molecule has 1 aromatic heterocycles. The van der Waals surface area contributed by atoms with Crippen molar-refractivity contribution in [2.45, 2.75) is 32.7 Å². The number of carbonyl (C=O) groups is 1. The van der Waals surface area contributed by atoms with E-state index < -0.39 is 5.54 Å². The molecule has 3 N–H and O–H groups in total. The Morgan fingerprint density at radius 1 is 1.36 bits per heavy atom. The van der Waals surface area contributed by atoms with E-state index in [0.29, 0.717) is 6.54 Å². The van der Waals surface area contributed by atoms with Crippen molar-refractivity contribution in [3.8, 4) is 0 Å². The summed E-state index contributed by atoms with van der Waals surface area (Å²) in [6.45, 7) is 6.32. The fraction of sp³-hybridized carbons (Fsp3) is 0.375. The molecule has 0 fully saturated rings. The molecule has 1 aromatic carbocycles. The van der Waals surface area contributed by atoms with Gasteiger partial charge in [-0.25, -0.2) is 4.98 Å². The average molecular weight is 382 g/mol. The van der Waals surface area contributed by atoms with Crippen LogP contribution < -0.4 is 11.1 Å². The Hall–Kier alpha value is -1.24. The zero-order valence-corrected chi connectivity index (χ0v) is 15.3. The van der Waals surface area contributed by atoms with Crippen LogP contribution in [0.3, 0.4) is 0 Å². The monoisotopic (exact) mass is 381 g/mol. The summed E-state index contributed by atoms with van der Waals surface area (Å²) in [4.78, 5) is 18.0. The Bertz CT molecular complexity index is 645. The van der Waals surface area contributed by atoms with Crippen molar-refractivity contribution in [1.82, 2.24) is 10.3 Å². The number of aryl methyl sites for hydroxylation is 2. The normalized spacial score (nSPS) is 13.7. The standard InChI is InChI=1S/C16H20BrN3OS/c1-10-11(2)22-14(20-10)8-9-19-15(21)16(3,18)12-4-6-13(17)7-5-12/h4-7H,8-9,18H2,1-3H3,(H,19,21). The number of nitrogens with two attached hydrogens (primary N) is 1. The number of nitrogens with one attached hydrogen (secondary N) is 1. The first-order valence-electron chi connectivity index (χ1n) is 7.07. The van der Waals surface area contributed by atoms with Gasteiger partial charge in [-0.15, -0.1) is 11.3 Å². The van der Waals surface area contributed by atoms with E-state index in [1.54, 1.807) is 18.3 Å². The number of hydrogen-bond acceptors (Lipinski definition) is 4. The highest BCUT2D eigenvalue weighted by Crippen LogP contribution is 2.21. The largest absolute Gasteiger partial charge is 0.354 e. The van der Waals surface area contributed by atoms with Gasteiger partial charge < -0.3 is 11.1 Å². The van der Waals surface area contributed by atoms with Crippen LogP contribution in [0.15, 0.2) is 28.7 Å². The summed E-state index contributed by atoms with van der Waals surface area (Å²) in [5.74, 6) is -0.181. The summed E-state index contributed by atoms with van der Waals surface area (Å²) >= 11 is 5.05. The number of carbonyl (C=O) groups excluding carboxylic acids is 1. The molecule has 22 heavy (non-hydrogen) atoms. The average Bonchev–Trinajstić information content (AvgIpc) is 2.78. The van der Waals surface area contributed by atoms with Gasteiger partial charge >= 0.3 is 0 Å². The topological polar surface area (TPSA) is 68.0 Å². The van der Waals surface area contributed by atoms with Gasteiger partial charge in [-0.1, -0.05) is 28.1 Å². The fourth-order valence-electron chi connectivity index (χ4n) is 2.04. The summed E-state index contributed by atoms with van der Waals surface area (Å²) < 4.78 is 0.960. The molecule has 0 radical (unpaired) electrons. The van der Waals surface area contributed by atoms with Crippen LogP contribution in [-0.2, 0) is 16.8 Å². The number of thiazole rings is 1. The number of halogens is 1. The van der Waals surface area contributed by atoms with Gasteiger partial charge in [0, 0.05) is 22.3 Å². The van der Waals surface area contributed by atoms with Crippen LogP contribution >= 0.6 is 27.3 Å². The molecule has 6 heteroatoms. The van der Waals surface area contributed by atoms with E-state index >= 15 is 0 Å². The highest BCUT2D eigenvalue weighted by molar-refractivity contribution is 9.10. The Kier molecular flexibility index (Phi) is 5.36. The molecule has 0 aliphatic rings. The van der Waals surface area contributed by atoms with Crippen molar-refractivity contribution >= 4 is 33.2 Å². The van der Waals surface area contributed by atoms with Gasteiger partial charge in [0.1, 0.15) is 5.54 Å². The van der Waals surface area contributed by atoms with Gasteiger partial charge in [0.25, 0.3) is 0 Å². The first-order chi connectivity index (χ1) is 10.3. The summed E-state index contributed by atoms with van der Waals surface area (Å²) in [6.07, 6.45) is 0.724. The Labute approximate surface area is 143 Å². The maximum Gasteiger partial charge on any atom is 0.244 e. The SMILES string of the molecule is Cc1nc(CCNC(=O)C(C)(N)c2ccc(Br)cc2)sc1C. The van der Waals surface area contributed by atoms with Crippen molar-refractivity contribution < 1.29 is 4.79 Å². The van der Waals surface area contributed by atoms with E-state index in [9.17, 15) is 4.79 Å². The number of aromatic nitrogens is 1. The lowest BCUT2D eigenvalue weighted by Gasteiger charge is -2.24. The van der Waals surface area contributed by atoms with Gasteiger partial charge in [0.15, 0.2) is 0 Å². The van der Waals surface area contributed by atoms with Crippen LogP contribution in [0, 0.1) is 13.8 Å². The highest BCUT2D eigenvalue weighted by atomic mass is 79.9. The van der Waals surface area contributed by atoms with Crippen LogP contribution in [-0.4, -0.2) is 17.4 Å². The number of nitrogens with zero attached hydrogens (tertiary/aromatic N) is 1. The second-order valence-electron chi connectivity index (χ2n) is 5.46. The predicted octanol–water partition coefficient (Wildman–Crippen LogP) is 3.06. The van der Waals surface area contributed by atoms with Gasteiger partial charge in [-0.3, -0.25) is 4.79 Å². The third kappa shape index (κ3) is 3.94. The van der Waals surface area contributed by atoms with E-state index in [-0.39, 0.29) is 5.91 Å². The molecule has 2 rings (SSSR count). The minimum absolute atomic E-state index is 0.181. The zero-order valence-electron chi connectivity index (χ0n) is 12.9. The van der Waals surface area contributed by atoms with E-state index in [1.165, 1.54) is 4.88 Å². The maximum atomic E-state index is 12.3. The molecule has 0 saturated carbocycles. The second-order valence-corrected chi connectivity index (χ2v) is 7.67. The van der Waals surface area contributed by atoms with Gasteiger partial charge in [0.2, 0.25) is 5.91 Å². The number of benzene rings is 1. The number of amides is 1. The lowest BCUT2D eigenvalue weighted by atomic mass is 9.92. The van der Waals surface area contributed by atoms with Gasteiger partial charge in [0.05, 0.1) is 10.7 Å². The van der Waals surface area contributed by atoms with Gasteiger partial charge in [-0.05, 0) is 38.5 Å². The molecular weight excluding hydrogens is 362 g/mol. The van der Waals surface area contributed by atoms with Crippen LogP contribution in [0.5, 0.6) is 0 Å². The van der Waals surface area contributed by atoms with Crippen LogP contribution in [0.1, 0.15) is 28.1 Å². The minimum Gasteiger partial charge on any atom is -0.354 e. The van der Waals surface area contributed by atoms with Crippen LogP contribution in [0.2, 0.25) is 0 Å². The molecule has 1 amide bonds. The Morgan fingerprint density at radius 3 is 2.55 bits per heavy atom. The van der Waals surface area contributed by atoms with E-state index in [1.807, 2.05) is 31.2 Å². The molecular formula is C16H20BrN3OS. The highest BCUT2D eigenvalue weighted by Gasteiger charge is 2.30. The molecule has 0 saturated heterocycles. The maximum absolute atomic E-state index is 12.3. The molecule has 4 nitrogen and oxygen atoms in total. The summed E-state index contributed by atoms with van der Waals surface area (Å²) in [5.41, 5.74) is 7.00. The first-order valence-corrected chi connectivity index (χ1v) is 8.68. The fourth-order valence-corrected chi connectivity index (χ4v) is 3.24. The summed E-state index contributed by atoms with van der Waals surface area (Å²) in [5, 5.41) is 3.94. The summed E-state index contributed by atoms with van der Waals surface area (Å²) in [6, 6.07) is 7.48. The minimum atomic E-state index is -1.05. The second kappa shape index (κ2) is 6.89. The zero-order chi connectivity index (χ0) is 16.3. The molecule has 0 bridgehead atoms. The van der Waals surface area contributed by atoms with Crippen molar-refractivity contribution in [3.63, 3.8) is 0 Å². The predicted molar refractivity (Wildman–Crippen MR) is 94.0 cm³/mol. The third-order valence-corrected chi connectivity index (χ3v) is 5.27. The molecule has 0 aliphatic carbocycles. The summed E-state index contributed by atoms with van der Waals surface area (Å²) in [7, 11) is 0. The van der Waals surface area contributed by atoms with Crippen molar-refractivity contribution in [2.24, 2.45) is 5.73 Å². The molecule has 118 valence electrons. The quantitative estimate of drug-likeness (QED) is 0.835. The van der Waals surface area contributed by atoms with Crippen LogP contribution in [0.4, 0.5) is 0 Å². The van der Waals surface area contributed by atoms with E-state index in [4.69, 9.17) is 5.73 Å². The lowest BCUT2D eigenvalue weighted by molar-refractivity contribution is -0.126. The van der Waals surface area contributed by atoms with E-state index in [0.717, 1.165) is 27.2 Å². The Balaban J connectivity index is 1.94. The van der Waals surface area contributed by atoms with Crippen molar-refractivity contribution in [3.05, 3.63) is 49.9 Å². The van der Waals surface area contributed by atoms with Crippen molar-refractivity contribution in [1.29, 1.82) is 0 Å². The third-order valence-electron chi connectivity index (χ3n) is 3.61. The number of hydrogen-bond donors (Lipinski definition) is 2. The Morgan fingerprint density at radius 2 is 2.00 bits per heavy atom. The van der Waals surface area contributed by atoms with Gasteiger partial charge in [-0.2, -0.15) is 0 Å². The first kappa shape index (κ1) is 17.1. The van der Waals surface area contributed by atoms with Crippen molar-refractivity contribution in [2.75, 3.05) is 6.54 Å².